The Morgan fingerprint density at radius 2 is 1.43 bits per heavy atom. The Morgan fingerprint density at radius 1 is 0.905 bits per heavy atom. The van der Waals surface area contributed by atoms with Crippen molar-refractivity contribution in [3.8, 4) is 0 Å². The van der Waals surface area contributed by atoms with Crippen LogP contribution in [0.2, 0.25) is 0 Å². The van der Waals surface area contributed by atoms with Crippen molar-refractivity contribution in [2.45, 2.75) is 30.5 Å². The van der Waals surface area contributed by atoms with E-state index in [0.717, 1.165) is 0 Å². The fraction of sp³-hybridized carbons (Fsp3) is 0.700. The molecule has 11 heteroatoms. The first kappa shape index (κ1) is 19.4. The SMILES string of the molecule is O=C(O)C(O)C(O)C(=O)OCC(=O)[C@H](O)[C@@H](O)[C@H](O)CO. The summed E-state index contributed by atoms with van der Waals surface area (Å²) in [5, 5.41) is 62.2. The van der Waals surface area contributed by atoms with Gasteiger partial charge in [-0.25, -0.2) is 9.59 Å². The molecule has 0 aromatic carbocycles. The third kappa shape index (κ3) is 5.71. The Bertz CT molecular complexity index is 381. The molecule has 21 heavy (non-hydrogen) atoms. The summed E-state index contributed by atoms with van der Waals surface area (Å²) < 4.78 is 4.14. The van der Waals surface area contributed by atoms with Gasteiger partial charge in [0.05, 0.1) is 6.61 Å². The zero-order chi connectivity index (χ0) is 16.7. The first-order chi connectivity index (χ1) is 9.63. The highest BCUT2D eigenvalue weighted by Gasteiger charge is 2.34. The second kappa shape index (κ2) is 8.61. The average molecular weight is 312 g/mol. The monoisotopic (exact) mass is 312 g/mol. The summed E-state index contributed by atoms with van der Waals surface area (Å²) in [7, 11) is 0. The van der Waals surface area contributed by atoms with Crippen molar-refractivity contribution in [2.24, 2.45) is 0 Å². The molecular formula is C10H16O11. The van der Waals surface area contributed by atoms with Crippen LogP contribution in [0.15, 0.2) is 0 Å². The topological polar surface area (TPSA) is 202 Å². The lowest BCUT2D eigenvalue weighted by atomic mass is 10.1. The summed E-state index contributed by atoms with van der Waals surface area (Å²) in [6, 6.07) is 0. The molecular weight excluding hydrogens is 296 g/mol. The summed E-state index contributed by atoms with van der Waals surface area (Å²) in [5.74, 6) is -4.81. The average Bonchev–Trinajstić information content (AvgIpc) is 2.47. The maximum atomic E-state index is 11.3. The number of aliphatic hydroxyl groups excluding tert-OH is 6. The van der Waals surface area contributed by atoms with Gasteiger partial charge >= 0.3 is 11.9 Å². The smallest absolute Gasteiger partial charge is 0.338 e. The van der Waals surface area contributed by atoms with Crippen LogP contribution in [0.25, 0.3) is 0 Å². The molecule has 0 heterocycles. The highest BCUT2D eigenvalue weighted by molar-refractivity contribution is 5.88. The number of ketones is 1. The molecule has 11 nitrogen and oxygen atoms in total. The van der Waals surface area contributed by atoms with Gasteiger partial charge in [0.1, 0.15) is 18.3 Å². The molecule has 0 rings (SSSR count). The molecule has 2 unspecified atom stereocenters. The summed E-state index contributed by atoms with van der Waals surface area (Å²) in [6.45, 7) is -2.09. The third-order valence-corrected chi connectivity index (χ3v) is 2.38. The number of carbonyl (C=O) groups is 3. The Labute approximate surface area is 117 Å². The van der Waals surface area contributed by atoms with Crippen LogP contribution < -0.4 is 0 Å². The van der Waals surface area contributed by atoms with Crippen molar-refractivity contribution >= 4 is 17.7 Å². The Balaban J connectivity index is 4.42. The van der Waals surface area contributed by atoms with Gasteiger partial charge in [-0.05, 0) is 0 Å². The molecule has 0 aromatic heterocycles. The van der Waals surface area contributed by atoms with E-state index in [0.29, 0.717) is 0 Å². The quantitative estimate of drug-likeness (QED) is 0.201. The second-order valence-electron chi connectivity index (χ2n) is 3.99. The molecule has 0 bridgehead atoms. The van der Waals surface area contributed by atoms with E-state index in [9.17, 15) is 24.6 Å². The number of rotatable bonds is 9. The van der Waals surface area contributed by atoms with E-state index in [4.69, 9.17) is 25.5 Å². The van der Waals surface area contributed by atoms with E-state index < -0.39 is 61.5 Å². The number of ether oxygens (including phenoxy) is 1. The number of aliphatic hydroxyl groups is 6. The van der Waals surface area contributed by atoms with Crippen LogP contribution >= 0.6 is 0 Å². The van der Waals surface area contributed by atoms with Crippen LogP contribution in [-0.4, -0.2) is 97.2 Å². The summed E-state index contributed by atoms with van der Waals surface area (Å²) in [6.07, 6.45) is -10.9. The first-order valence-corrected chi connectivity index (χ1v) is 5.56. The molecule has 7 N–H and O–H groups in total. The van der Waals surface area contributed by atoms with Crippen molar-refractivity contribution < 1.29 is 54.9 Å². The predicted molar refractivity (Wildman–Crippen MR) is 60.7 cm³/mol. The molecule has 0 saturated carbocycles. The van der Waals surface area contributed by atoms with Gasteiger partial charge in [-0.2, -0.15) is 0 Å². The van der Waals surface area contributed by atoms with Gasteiger partial charge in [0.25, 0.3) is 0 Å². The van der Waals surface area contributed by atoms with Gasteiger partial charge in [-0.1, -0.05) is 0 Å². The third-order valence-electron chi connectivity index (χ3n) is 2.38. The van der Waals surface area contributed by atoms with E-state index in [1.54, 1.807) is 0 Å². The Kier molecular flexibility index (Phi) is 7.94. The predicted octanol–water partition coefficient (Wildman–Crippen LogP) is -5.02. The summed E-state index contributed by atoms with van der Waals surface area (Å²) >= 11 is 0. The van der Waals surface area contributed by atoms with Crippen LogP contribution in [0.1, 0.15) is 0 Å². The molecule has 0 aliphatic carbocycles. The number of carboxylic acid groups (broad SMARTS) is 1. The fourth-order valence-corrected chi connectivity index (χ4v) is 1.09. The standard InChI is InChI=1S/C10H16O11/c11-1-3(12)5(14)6(15)4(13)2-21-10(20)8(17)7(16)9(18)19/h3,5-8,11-12,14-17H,1-2H2,(H,18,19)/t3-,5+,6+,7?,8?/m1/s1. The zero-order valence-corrected chi connectivity index (χ0v) is 10.6. The molecule has 0 fully saturated rings. The number of hydrogen-bond donors (Lipinski definition) is 7. The number of hydrogen-bond acceptors (Lipinski definition) is 10. The highest BCUT2D eigenvalue weighted by atomic mass is 16.6. The normalized spacial score (nSPS) is 18.2. The minimum atomic E-state index is -2.46. The van der Waals surface area contributed by atoms with Gasteiger partial charge in [-0.3, -0.25) is 4.79 Å². The lowest BCUT2D eigenvalue weighted by molar-refractivity contribution is -0.172. The van der Waals surface area contributed by atoms with Gasteiger partial charge in [0, 0.05) is 0 Å². The highest BCUT2D eigenvalue weighted by Crippen LogP contribution is 2.03. The number of carboxylic acids is 1. The fourth-order valence-electron chi connectivity index (χ4n) is 1.09. The summed E-state index contributed by atoms with van der Waals surface area (Å²) in [4.78, 5) is 32.7. The van der Waals surface area contributed by atoms with Gasteiger partial charge < -0.3 is 40.5 Å². The van der Waals surface area contributed by atoms with Crippen molar-refractivity contribution in [3.63, 3.8) is 0 Å². The van der Waals surface area contributed by atoms with Crippen LogP contribution in [-0.2, 0) is 19.1 Å². The number of carbonyl (C=O) groups excluding carboxylic acids is 2. The maximum Gasteiger partial charge on any atom is 0.338 e. The molecule has 122 valence electrons. The molecule has 0 amide bonds. The number of aliphatic carboxylic acids is 1. The van der Waals surface area contributed by atoms with Crippen LogP contribution in [0, 0.1) is 0 Å². The van der Waals surface area contributed by atoms with E-state index >= 15 is 0 Å². The van der Waals surface area contributed by atoms with Crippen molar-refractivity contribution in [2.75, 3.05) is 13.2 Å². The van der Waals surface area contributed by atoms with Gasteiger partial charge in [-0.15, -0.1) is 0 Å². The van der Waals surface area contributed by atoms with Crippen molar-refractivity contribution in [1.82, 2.24) is 0 Å². The van der Waals surface area contributed by atoms with E-state index in [-0.39, 0.29) is 0 Å². The van der Waals surface area contributed by atoms with E-state index in [2.05, 4.69) is 4.74 Å². The minimum absolute atomic E-state index is 0.936. The van der Waals surface area contributed by atoms with E-state index in [1.807, 2.05) is 0 Å². The van der Waals surface area contributed by atoms with Crippen LogP contribution in [0.4, 0.5) is 0 Å². The number of esters is 1. The maximum absolute atomic E-state index is 11.3. The first-order valence-electron chi connectivity index (χ1n) is 5.56. The van der Waals surface area contributed by atoms with Gasteiger partial charge in [0.15, 0.2) is 18.8 Å². The van der Waals surface area contributed by atoms with Crippen molar-refractivity contribution in [3.05, 3.63) is 0 Å². The lowest BCUT2D eigenvalue weighted by Crippen LogP contribution is -2.46. The van der Waals surface area contributed by atoms with E-state index in [1.165, 1.54) is 0 Å². The lowest BCUT2D eigenvalue weighted by Gasteiger charge is -2.20. The van der Waals surface area contributed by atoms with Crippen LogP contribution in [0.5, 0.6) is 0 Å². The Morgan fingerprint density at radius 3 is 1.86 bits per heavy atom. The molecule has 0 saturated heterocycles. The van der Waals surface area contributed by atoms with Crippen molar-refractivity contribution in [1.29, 1.82) is 0 Å². The zero-order valence-electron chi connectivity index (χ0n) is 10.6. The van der Waals surface area contributed by atoms with Gasteiger partial charge in [0.2, 0.25) is 5.78 Å². The molecule has 5 atom stereocenters. The Hall–Kier alpha value is -1.63. The minimum Gasteiger partial charge on any atom is -0.479 e. The molecule has 0 radical (unpaired) electrons. The van der Waals surface area contributed by atoms with Crippen LogP contribution in [0.3, 0.4) is 0 Å². The molecule has 0 aromatic rings. The largest absolute Gasteiger partial charge is 0.479 e. The summed E-state index contributed by atoms with van der Waals surface area (Å²) in [5.41, 5.74) is 0. The second-order valence-corrected chi connectivity index (χ2v) is 3.99. The number of Topliss-reactive ketones (excluding diaryl/α,β-unsaturated/α-hetero) is 1. The molecule has 0 aliphatic heterocycles. The molecule has 0 spiro atoms. The molecule has 0 aliphatic rings.